The van der Waals surface area contributed by atoms with Crippen LogP contribution in [0.25, 0.3) is 0 Å². The summed E-state index contributed by atoms with van der Waals surface area (Å²) in [6.07, 6.45) is 0. The van der Waals surface area contributed by atoms with Crippen molar-refractivity contribution in [3.8, 4) is 0 Å². The Morgan fingerprint density at radius 1 is 1.44 bits per heavy atom. The first-order valence-corrected chi connectivity index (χ1v) is 7.30. The molecule has 1 aromatic carbocycles. The van der Waals surface area contributed by atoms with E-state index in [1.54, 1.807) is 6.07 Å². The van der Waals surface area contributed by atoms with E-state index in [-0.39, 0.29) is 5.75 Å². The predicted molar refractivity (Wildman–Crippen MR) is 63.5 cm³/mol. The fraction of sp³-hybridized carbons (Fsp3) is 0.417. The van der Waals surface area contributed by atoms with Gasteiger partial charge in [-0.3, -0.25) is 4.79 Å². The fourth-order valence-corrected chi connectivity index (χ4v) is 4.13. The number of halogens is 1. The van der Waals surface area contributed by atoms with Crippen molar-refractivity contribution in [2.75, 3.05) is 5.75 Å². The summed E-state index contributed by atoms with van der Waals surface area (Å²) >= 11 is 0. The SMILES string of the molecule is CCS(=O)(=O)[C@H]1[C@H](C(=O)O)[C@@H]1c1cccc(F)c1. The van der Waals surface area contributed by atoms with Crippen LogP contribution in [-0.4, -0.2) is 30.5 Å². The van der Waals surface area contributed by atoms with E-state index in [4.69, 9.17) is 5.11 Å². The third kappa shape index (κ3) is 2.12. The van der Waals surface area contributed by atoms with Gasteiger partial charge in [-0.2, -0.15) is 0 Å². The van der Waals surface area contributed by atoms with E-state index >= 15 is 0 Å². The smallest absolute Gasteiger partial charge is 0.308 e. The summed E-state index contributed by atoms with van der Waals surface area (Å²) in [5, 5.41) is 8.10. The Labute approximate surface area is 104 Å². The molecule has 1 aromatic rings. The maximum atomic E-state index is 13.1. The first-order chi connectivity index (χ1) is 8.38. The number of benzene rings is 1. The Kier molecular flexibility index (Phi) is 3.14. The zero-order valence-electron chi connectivity index (χ0n) is 9.71. The van der Waals surface area contributed by atoms with Gasteiger partial charge in [0.2, 0.25) is 0 Å². The zero-order valence-corrected chi connectivity index (χ0v) is 10.5. The molecule has 98 valence electrons. The monoisotopic (exact) mass is 272 g/mol. The van der Waals surface area contributed by atoms with Gasteiger partial charge in [0.1, 0.15) is 5.82 Å². The van der Waals surface area contributed by atoms with Crippen molar-refractivity contribution in [3.63, 3.8) is 0 Å². The lowest BCUT2D eigenvalue weighted by atomic mass is 10.1. The molecule has 0 heterocycles. The molecular weight excluding hydrogens is 259 g/mol. The van der Waals surface area contributed by atoms with Crippen molar-refractivity contribution in [1.82, 2.24) is 0 Å². The van der Waals surface area contributed by atoms with Gasteiger partial charge in [0, 0.05) is 11.7 Å². The molecule has 6 heteroatoms. The van der Waals surface area contributed by atoms with Crippen LogP contribution in [0.15, 0.2) is 24.3 Å². The van der Waals surface area contributed by atoms with E-state index in [0.29, 0.717) is 5.56 Å². The summed E-state index contributed by atoms with van der Waals surface area (Å²) in [6.45, 7) is 1.48. The van der Waals surface area contributed by atoms with Gasteiger partial charge in [0.05, 0.1) is 11.2 Å². The van der Waals surface area contributed by atoms with Gasteiger partial charge in [0.15, 0.2) is 9.84 Å². The lowest BCUT2D eigenvalue weighted by molar-refractivity contribution is -0.138. The maximum Gasteiger partial charge on any atom is 0.308 e. The van der Waals surface area contributed by atoms with Crippen molar-refractivity contribution in [1.29, 1.82) is 0 Å². The minimum atomic E-state index is -3.43. The summed E-state index contributed by atoms with van der Waals surface area (Å²) in [5.74, 6) is -3.34. The van der Waals surface area contributed by atoms with Crippen molar-refractivity contribution in [3.05, 3.63) is 35.6 Å². The molecule has 4 nitrogen and oxygen atoms in total. The summed E-state index contributed by atoms with van der Waals surface area (Å²) in [6, 6.07) is 5.46. The average Bonchev–Trinajstić information content (AvgIpc) is 3.05. The highest BCUT2D eigenvalue weighted by molar-refractivity contribution is 7.92. The Bertz CT molecular complexity index is 581. The minimum Gasteiger partial charge on any atom is -0.481 e. The molecule has 1 N–H and O–H groups in total. The summed E-state index contributed by atoms with van der Waals surface area (Å²) < 4.78 is 36.7. The molecule has 0 amide bonds. The molecule has 0 saturated heterocycles. The molecule has 1 fully saturated rings. The number of sulfone groups is 1. The van der Waals surface area contributed by atoms with Crippen LogP contribution in [-0.2, 0) is 14.6 Å². The molecule has 0 aliphatic heterocycles. The molecule has 1 aliphatic carbocycles. The van der Waals surface area contributed by atoms with Crippen LogP contribution in [0.1, 0.15) is 18.4 Å². The number of carbonyl (C=O) groups is 1. The number of aliphatic carboxylic acids is 1. The van der Waals surface area contributed by atoms with Gasteiger partial charge < -0.3 is 5.11 Å². The maximum absolute atomic E-state index is 13.1. The van der Waals surface area contributed by atoms with Crippen LogP contribution < -0.4 is 0 Å². The van der Waals surface area contributed by atoms with Crippen LogP contribution in [0.4, 0.5) is 4.39 Å². The van der Waals surface area contributed by atoms with E-state index in [9.17, 15) is 17.6 Å². The van der Waals surface area contributed by atoms with E-state index < -0.39 is 38.7 Å². The minimum absolute atomic E-state index is 0.104. The molecule has 0 unspecified atom stereocenters. The first kappa shape index (κ1) is 13.0. The third-order valence-corrected chi connectivity index (χ3v) is 5.51. The zero-order chi connectivity index (χ0) is 13.5. The van der Waals surface area contributed by atoms with Gasteiger partial charge in [-0.05, 0) is 17.7 Å². The second kappa shape index (κ2) is 4.35. The topological polar surface area (TPSA) is 71.4 Å². The third-order valence-electron chi connectivity index (χ3n) is 3.29. The Balaban J connectivity index is 2.37. The highest BCUT2D eigenvalue weighted by Crippen LogP contribution is 2.52. The van der Waals surface area contributed by atoms with Crippen LogP contribution in [0.5, 0.6) is 0 Å². The van der Waals surface area contributed by atoms with Crippen LogP contribution in [0, 0.1) is 11.7 Å². The number of hydrogen-bond donors (Lipinski definition) is 1. The van der Waals surface area contributed by atoms with Gasteiger partial charge >= 0.3 is 5.97 Å². The Hall–Kier alpha value is -1.43. The molecule has 2 rings (SSSR count). The van der Waals surface area contributed by atoms with Crippen LogP contribution in [0.2, 0.25) is 0 Å². The fourth-order valence-electron chi connectivity index (χ4n) is 2.33. The second-order valence-corrected chi connectivity index (χ2v) is 6.81. The molecule has 1 aliphatic rings. The normalized spacial score (nSPS) is 26.9. The molecule has 18 heavy (non-hydrogen) atoms. The lowest BCUT2D eigenvalue weighted by Crippen LogP contribution is -2.14. The van der Waals surface area contributed by atoms with Gasteiger partial charge in [0.25, 0.3) is 0 Å². The average molecular weight is 272 g/mol. The van der Waals surface area contributed by atoms with Crippen LogP contribution >= 0.6 is 0 Å². The van der Waals surface area contributed by atoms with E-state index in [2.05, 4.69) is 0 Å². The van der Waals surface area contributed by atoms with Gasteiger partial charge in [-0.25, -0.2) is 12.8 Å². The highest BCUT2D eigenvalue weighted by Gasteiger charge is 2.62. The number of rotatable bonds is 4. The summed E-state index contributed by atoms with van der Waals surface area (Å²) in [4.78, 5) is 11.0. The molecule has 0 bridgehead atoms. The largest absolute Gasteiger partial charge is 0.481 e. The van der Waals surface area contributed by atoms with Gasteiger partial charge in [-0.15, -0.1) is 0 Å². The molecule has 3 atom stereocenters. The van der Waals surface area contributed by atoms with Crippen LogP contribution in [0.3, 0.4) is 0 Å². The van der Waals surface area contributed by atoms with E-state index in [0.717, 1.165) is 0 Å². The van der Waals surface area contributed by atoms with Gasteiger partial charge in [-0.1, -0.05) is 19.1 Å². The number of carboxylic acids is 1. The first-order valence-electron chi connectivity index (χ1n) is 5.58. The van der Waals surface area contributed by atoms with E-state index in [1.165, 1.54) is 25.1 Å². The molecule has 0 spiro atoms. The number of hydrogen-bond acceptors (Lipinski definition) is 3. The lowest BCUT2D eigenvalue weighted by Gasteiger charge is -2.00. The molecular formula is C12H13FO4S. The van der Waals surface area contributed by atoms with Crippen molar-refractivity contribution in [2.24, 2.45) is 5.92 Å². The second-order valence-electron chi connectivity index (χ2n) is 4.36. The van der Waals surface area contributed by atoms with Crippen molar-refractivity contribution < 1.29 is 22.7 Å². The molecule has 0 aromatic heterocycles. The molecule has 0 radical (unpaired) electrons. The summed E-state index contributed by atoms with van der Waals surface area (Å²) in [5.41, 5.74) is 0.435. The summed E-state index contributed by atoms with van der Waals surface area (Å²) in [7, 11) is -3.43. The van der Waals surface area contributed by atoms with E-state index in [1.807, 2.05) is 0 Å². The number of carboxylic acid groups (broad SMARTS) is 1. The Morgan fingerprint density at radius 2 is 2.11 bits per heavy atom. The van der Waals surface area contributed by atoms with Crippen molar-refractivity contribution in [2.45, 2.75) is 18.1 Å². The quantitative estimate of drug-likeness (QED) is 0.900. The standard InChI is InChI=1S/C12H13FO4S/c1-2-18(16,17)11-9(10(11)12(14)15)7-4-3-5-8(13)6-7/h3-6,9-11H,2H2,1H3,(H,14,15)/t9-,10+,11+/m0/s1. The Morgan fingerprint density at radius 3 is 2.61 bits per heavy atom. The predicted octanol–water partition coefficient (Wildman–Crippen LogP) is 1.43. The highest BCUT2D eigenvalue weighted by atomic mass is 32.2. The van der Waals surface area contributed by atoms with Crippen molar-refractivity contribution >= 4 is 15.8 Å². The molecule has 1 saturated carbocycles.